The van der Waals surface area contributed by atoms with Crippen LogP contribution in [0.4, 0.5) is 4.79 Å². The van der Waals surface area contributed by atoms with Gasteiger partial charge in [0.1, 0.15) is 17.7 Å². The van der Waals surface area contributed by atoms with E-state index < -0.39 is 23.8 Å². The molecule has 0 saturated heterocycles. The maximum absolute atomic E-state index is 14.4. The van der Waals surface area contributed by atoms with Gasteiger partial charge < -0.3 is 20.3 Å². The number of aryl methyl sites for hydroxylation is 2. The molecule has 1 aliphatic rings. The van der Waals surface area contributed by atoms with Crippen LogP contribution in [-0.2, 0) is 20.7 Å². The van der Waals surface area contributed by atoms with Crippen molar-refractivity contribution in [3.8, 4) is 0 Å². The van der Waals surface area contributed by atoms with E-state index in [0.717, 1.165) is 54.4 Å². The summed E-state index contributed by atoms with van der Waals surface area (Å²) in [6.45, 7) is 12.0. The van der Waals surface area contributed by atoms with E-state index in [1.54, 1.807) is 25.7 Å². The quantitative estimate of drug-likeness (QED) is 0.337. The molecule has 1 fully saturated rings. The van der Waals surface area contributed by atoms with Crippen LogP contribution in [0.5, 0.6) is 0 Å². The monoisotopic (exact) mass is 535 g/mol. The van der Waals surface area contributed by atoms with Crippen molar-refractivity contribution in [1.29, 1.82) is 0 Å². The molecule has 0 aromatic heterocycles. The molecule has 0 spiro atoms. The van der Waals surface area contributed by atoms with Crippen LogP contribution in [0.25, 0.3) is 0 Å². The van der Waals surface area contributed by atoms with Crippen molar-refractivity contribution in [2.24, 2.45) is 0 Å². The normalized spacial score (nSPS) is 14.7. The van der Waals surface area contributed by atoms with Gasteiger partial charge in [0.25, 0.3) is 0 Å². The van der Waals surface area contributed by atoms with Gasteiger partial charge in [0.05, 0.1) is 0 Å². The summed E-state index contributed by atoms with van der Waals surface area (Å²) >= 11 is 0. The van der Waals surface area contributed by atoms with Crippen molar-refractivity contribution < 1.29 is 19.1 Å². The first kappa shape index (κ1) is 30.2. The fraction of sp³-hybridized carbons (Fsp3) is 0.531. The Morgan fingerprint density at radius 3 is 2.21 bits per heavy atom. The van der Waals surface area contributed by atoms with Gasteiger partial charge in [0, 0.05) is 19.0 Å². The van der Waals surface area contributed by atoms with Crippen LogP contribution < -0.4 is 10.6 Å². The Hall–Kier alpha value is -3.35. The smallest absolute Gasteiger partial charge is 0.408 e. The standard InChI is InChI=1S/C32H45N3O4/c1-7-8-12-17-33-29(36)28(25-19-22(2)18-23(3)20-25)35(26-15-16-26)30(37)27(21-24-13-10-9-11-14-24)34-31(38)39-32(4,5)6/h9-11,13-14,18-20,26-28H,7-8,12,15-17,21H2,1-6H3,(H,33,36)(H,34,38). The van der Waals surface area contributed by atoms with E-state index >= 15 is 0 Å². The van der Waals surface area contributed by atoms with Gasteiger partial charge in [-0.25, -0.2) is 4.79 Å². The highest BCUT2D eigenvalue weighted by Crippen LogP contribution is 2.36. The Balaban J connectivity index is 1.98. The third kappa shape index (κ3) is 9.41. The lowest BCUT2D eigenvalue weighted by Crippen LogP contribution is -2.54. The maximum atomic E-state index is 14.4. The number of hydrogen-bond donors (Lipinski definition) is 2. The summed E-state index contributed by atoms with van der Waals surface area (Å²) in [4.78, 5) is 42.7. The maximum Gasteiger partial charge on any atom is 0.408 e. The molecule has 7 nitrogen and oxygen atoms in total. The van der Waals surface area contributed by atoms with E-state index in [1.165, 1.54) is 0 Å². The van der Waals surface area contributed by atoms with E-state index in [9.17, 15) is 14.4 Å². The van der Waals surface area contributed by atoms with Gasteiger partial charge >= 0.3 is 6.09 Å². The summed E-state index contributed by atoms with van der Waals surface area (Å²) in [5.74, 6) is -0.466. The summed E-state index contributed by atoms with van der Waals surface area (Å²) in [6.07, 6.45) is 4.25. The fourth-order valence-corrected chi connectivity index (χ4v) is 4.84. The zero-order chi connectivity index (χ0) is 28.6. The van der Waals surface area contributed by atoms with Crippen LogP contribution in [0.3, 0.4) is 0 Å². The number of nitrogens with one attached hydrogen (secondary N) is 2. The lowest BCUT2D eigenvalue weighted by molar-refractivity contribution is -0.143. The second kappa shape index (κ2) is 13.6. The number of benzene rings is 2. The van der Waals surface area contributed by atoms with E-state index in [2.05, 4.69) is 23.6 Å². The Morgan fingerprint density at radius 1 is 1.00 bits per heavy atom. The van der Waals surface area contributed by atoms with Crippen LogP contribution in [0.2, 0.25) is 0 Å². The third-order valence-corrected chi connectivity index (χ3v) is 6.63. The van der Waals surface area contributed by atoms with Crippen LogP contribution in [0.1, 0.15) is 88.1 Å². The molecule has 3 amide bonds. The second-order valence-electron chi connectivity index (χ2n) is 11.7. The number of nitrogens with zero attached hydrogens (tertiary/aromatic N) is 1. The van der Waals surface area contributed by atoms with E-state index in [0.29, 0.717) is 13.0 Å². The number of amides is 3. The Morgan fingerprint density at radius 2 is 1.64 bits per heavy atom. The lowest BCUT2D eigenvalue weighted by Gasteiger charge is -2.35. The van der Waals surface area contributed by atoms with Crippen molar-refractivity contribution in [2.45, 2.75) is 104 Å². The molecule has 0 heterocycles. The molecule has 3 rings (SSSR count). The second-order valence-corrected chi connectivity index (χ2v) is 11.7. The highest BCUT2D eigenvalue weighted by molar-refractivity contribution is 5.92. The first-order chi connectivity index (χ1) is 18.5. The molecule has 1 aliphatic carbocycles. The lowest BCUT2D eigenvalue weighted by atomic mass is 9.97. The first-order valence-electron chi connectivity index (χ1n) is 14.2. The predicted molar refractivity (Wildman–Crippen MR) is 154 cm³/mol. The van der Waals surface area contributed by atoms with Gasteiger partial charge in [-0.15, -0.1) is 0 Å². The number of hydrogen-bond acceptors (Lipinski definition) is 4. The zero-order valence-corrected chi connectivity index (χ0v) is 24.4. The van der Waals surface area contributed by atoms with E-state index in [1.807, 2.05) is 56.3 Å². The van der Waals surface area contributed by atoms with Crippen LogP contribution in [-0.4, -0.2) is 47.0 Å². The molecule has 2 unspecified atom stereocenters. The molecular weight excluding hydrogens is 490 g/mol. The first-order valence-corrected chi connectivity index (χ1v) is 14.2. The van der Waals surface area contributed by atoms with Crippen molar-refractivity contribution in [3.05, 3.63) is 70.8 Å². The summed E-state index contributed by atoms with van der Waals surface area (Å²) in [6, 6.07) is 13.9. The highest BCUT2D eigenvalue weighted by atomic mass is 16.6. The SMILES string of the molecule is CCCCCNC(=O)C(c1cc(C)cc(C)c1)N(C(=O)C(Cc1ccccc1)NC(=O)OC(C)(C)C)C1CC1. The van der Waals surface area contributed by atoms with Crippen molar-refractivity contribution in [2.75, 3.05) is 6.54 Å². The average molecular weight is 536 g/mol. The number of alkyl carbamates (subject to hydrolysis) is 1. The fourth-order valence-electron chi connectivity index (χ4n) is 4.84. The molecule has 212 valence electrons. The van der Waals surface area contributed by atoms with Gasteiger partial charge in [-0.3, -0.25) is 9.59 Å². The molecule has 39 heavy (non-hydrogen) atoms. The molecular formula is C32H45N3O4. The van der Waals surface area contributed by atoms with Crippen LogP contribution in [0, 0.1) is 13.8 Å². The number of rotatable bonds is 12. The van der Waals surface area contributed by atoms with Crippen molar-refractivity contribution in [1.82, 2.24) is 15.5 Å². The molecule has 0 aliphatic heterocycles. The summed E-state index contributed by atoms with van der Waals surface area (Å²) < 4.78 is 5.51. The molecule has 2 atom stereocenters. The topological polar surface area (TPSA) is 87.7 Å². The number of unbranched alkanes of at least 4 members (excludes halogenated alkanes) is 2. The molecule has 2 aromatic rings. The van der Waals surface area contributed by atoms with E-state index in [-0.39, 0.29) is 17.9 Å². The molecule has 2 aromatic carbocycles. The van der Waals surface area contributed by atoms with Gasteiger partial charge in [0.2, 0.25) is 11.8 Å². The highest BCUT2D eigenvalue weighted by Gasteiger charge is 2.44. The van der Waals surface area contributed by atoms with E-state index in [4.69, 9.17) is 4.74 Å². The summed E-state index contributed by atoms with van der Waals surface area (Å²) in [7, 11) is 0. The van der Waals surface area contributed by atoms with Crippen LogP contribution in [0.15, 0.2) is 48.5 Å². The summed E-state index contributed by atoms with van der Waals surface area (Å²) in [5.41, 5.74) is 3.06. The number of carbonyl (C=O) groups is 3. The number of carbonyl (C=O) groups excluding carboxylic acids is 3. The molecule has 1 saturated carbocycles. The Bertz CT molecular complexity index is 1100. The Labute approximate surface area is 233 Å². The zero-order valence-electron chi connectivity index (χ0n) is 24.4. The number of ether oxygens (including phenoxy) is 1. The molecule has 7 heteroatoms. The van der Waals surface area contributed by atoms with Gasteiger partial charge in [-0.2, -0.15) is 0 Å². The molecule has 0 bridgehead atoms. The minimum atomic E-state index is -0.885. The van der Waals surface area contributed by atoms with Crippen molar-refractivity contribution >= 4 is 17.9 Å². The Kier molecular flexibility index (Phi) is 10.6. The summed E-state index contributed by atoms with van der Waals surface area (Å²) in [5, 5.41) is 5.92. The molecule has 2 N–H and O–H groups in total. The van der Waals surface area contributed by atoms with Crippen LogP contribution >= 0.6 is 0 Å². The average Bonchev–Trinajstić information content (AvgIpc) is 3.68. The van der Waals surface area contributed by atoms with Gasteiger partial charge in [0.15, 0.2) is 0 Å². The predicted octanol–water partition coefficient (Wildman–Crippen LogP) is 5.78. The largest absolute Gasteiger partial charge is 0.444 e. The van der Waals surface area contributed by atoms with Gasteiger partial charge in [-0.05, 0) is 65.0 Å². The minimum absolute atomic E-state index is 0.0663. The minimum Gasteiger partial charge on any atom is -0.444 e. The third-order valence-electron chi connectivity index (χ3n) is 6.63. The molecule has 0 radical (unpaired) electrons. The van der Waals surface area contributed by atoms with Gasteiger partial charge in [-0.1, -0.05) is 79.4 Å². The van der Waals surface area contributed by atoms with Crippen molar-refractivity contribution in [3.63, 3.8) is 0 Å².